The third kappa shape index (κ3) is 4.37. The van der Waals surface area contributed by atoms with Crippen molar-refractivity contribution in [3.8, 4) is 11.3 Å². The Bertz CT molecular complexity index is 1020. The van der Waals surface area contributed by atoms with Crippen LogP contribution in [0, 0.1) is 13.8 Å². The number of hydrogen-bond acceptors (Lipinski definition) is 7. The Balaban J connectivity index is 2.16. The zero-order chi connectivity index (χ0) is 21.7. The summed E-state index contributed by atoms with van der Waals surface area (Å²) >= 11 is 0. The van der Waals surface area contributed by atoms with Gasteiger partial charge in [-0.3, -0.25) is 4.98 Å². The van der Waals surface area contributed by atoms with E-state index in [1.807, 2.05) is 30.3 Å². The van der Waals surface area contributed by atoms with Crippen LogP contribution in [0.15, 0.2) is 36.5 Å². The summed E-state index contributed by atoms with van der Waals surface area (Å²) in [6.45, 7) is 7.73. The van der Waals surface area contributed by atoms with Crippen LogP contribution in [0.4, 0.5) is 0 Å². The molecule has 0 spiro atoms. The van der Waals surface area contributed by atoms with Gasteiger partial charge in [0.05, 0.1) is 48.5 Å². The molecule has 3 aromatic rings. The zero-order valence-corrected chi connectivity index (χ0v) is 17.5. The van der Waals surface area contributed by atoms with Crippen molar-refractivity contribution < 1.29 is 19.1 Å². The summed E-state index contributed by atoms with van der Waals surface area (Å²) < 4.78 is 12.1. The van der Waals surface area contributed by atoms with Gasteiger partial charge in [0.15, 0.2) is 0 Å². The number of benzene rings is 1. The molecule has 0 aliphatic carbocycles. The number of pyridine rings is 1. The van der Waals surface area contributed by atoms with Gasteiger partial charge in [0.2, 0.25) is 0 Å². The van der Waals surface area contributed by atoms with E-state index in [1.165, 1.54) is 0 Å². The second-order valence-corrected chi connectivity index (χ2v) is 6.64. The molecule has 0 saturated heterocycles. The lowest BCUT2D eigenvalue weighted by Crippen LogP contribution is -2.17. The second-order valence-electron chi connectivity index (χ2n) is 6.64. The molecule has 3 rings (SSSR count). The average Bonchev–Trinajstić information content (AvgIpc) is 3.16. The van der Waals surface area contributed by atoms with Crippen LogP contribution in [0.25, 0.3) is 11.3 Å². The van der Waals surface area contributed by atoms with Crippen LogP contribution in [0.5, 0.6) is 0 Å². The number of carbonyl (C=O) groups excluding carboxylic acids is 2. The van der Waals surface area contributed by atoms with Crippen molar-refractivity contribution in [3.63, 3.8) is 0 Å². The van der Waals surface area contributed by atoms with E-state index in [9.17, 15) is 9.59 Å². The standard InChI is InChI=1S/C22H24N4O4/c1-5-29-21(27)18-14(3)23-15(4)19(22(28)30-6-2)20(18)17-13-26(25-24-17)12-16-10-8-7-9-11-16/h7-11,13H,5-6,12H2,1-4H3. The first-order valence-corrected chi connectivity index (χ1v) is 9.76. The van der Waals surface area contributed by atoms with E-state index in [0.29, 0.717) is 29.2 Å². The minimum atomic E-state index is -0.569. The van der Waals surface area contributed by atoms with E-state index in [4.69, 9.17) is 9.47 Å². The summed E-state index contributed by atoms with van der Waals surface area (Å²) in [7, 11) is 0. The lowest BCUT2D eigenvalue weighted by Gasteiger charge is -2.15. The van der Waals surface area contributed by atoms with Crippen LogP contribution in [0.1, 0.15) is 51.5 Å². The topological polar surface area (TPSA) is 96.2 Å². The summed E-state index contributed by atoms with van der Waals surface area (Å²) in [5.74, 6) is -1.14. The molecule has 30 heavy (non-hydrogen) atoms. The van der Waals surface area contributed by atoms with Gasteiger partial charge in [-0.2, -0.15) is 0 Å². The molecule has 0 aliphatic heterocycles. The van der Waals surface area contributed by atoms with E-state index in [1.54, 1.807) is 38.6 Å². The fourth-order valence-corrected chi connectivity index (χ4v) is 3.27. The van der Waals surface area contributed by atoms with Crippen molar-refractivity contribution in [1.82, 2.24) is 20.0 Å². The van der Waals surface area contributed by atoms with Crippen molar-refractivity contribution in [2.24, 2.45) is 0 Å². The van der Waals surface area contributed by atoms with Gasteiger partial charge in [-0.15, -0.1) is 5.10 Å². The highest BCUT2D eigenvalue weighted by molar-refractivity contribution is 6.06. The molecular weight excluding hydrogens is 384 g/mol. The minimum Gasteiger partial charge on any atom is -0.462 e. The van der Waals surface area contributed by atoms with E-state index >= 15 is 0 Å². The molecule has 0 fully saturated rings. The highest BCUT2D eigenvalue weighted by Crippen LogP contribution is 2.31. The van der Waals surface area contributed by atoms with Gasteiger partial charge in [0.25, 0.3) is 0 Å². The van der Waals surface area contributed by atoms with Gasteiger partial charge in [-0.05, 0) is 33.3 Å². The fraction of sp³-hybridized carbons (Fsp3) is 0.318. The molecule has 0 unspecified atom stereocenters. The molecule has 8 nitrogen and oxygen atoms in total. The molecule has 0 bridgehead atoms. The van der Waals surface area contributed by atoms with Crippen molar-refractivity contribution in [2.75, 3.05) is 13.2 Å². The number of carbonyl (C=O) groups is 2. The number of nitrogens with zero attached hydrogens (tertiary/aromatic N) is 4. The fourth-order valence-electron chi connectivity index (χ4n) is 3.27. The quantitative estimate of drug-likeness (QED) is 0.553. The van der Waals surface area contributed by atoms with E-state index in [0.717, 1.165) is 5.56 Å². The van der Waals surface area contributed by atoms with Crippen LogP contribution in [0.2, 0.25) is 0 Å². The molecule has 1 aromatic carbocycles. The molecule has 0 saturated carbocycles. The molecule has 2 heterocycles. The molecule has 0 atom stereocenters. The summed E-state index contributed by atoms with van der Waals surface area (Å²) in [6.07, 6.45) is 1.70. The Hall–Kier alpha value is -3.55. The second kappa shape index (κ2) is 9.30. The first-order chi connectivity index (χ1) is 14.5. The van der Waals surface area contributed by atoms with Crippen LogP contribution >= 0.6 is 0 Å². The van der Waals surface area contributed by atoms with Gasteiger partial charge >= 0.3 is 11.9 Å². The van der Waals surface area contributed by atoms with E-state index in [-0.39, 0.29) is 24.3 Å². The number of aromatic nitrogens is 4. The number of rotatable bonds is 7. The molecule has 0 N–H and O–H groups in total. The number of hydrogen-bond donors (Lipinski definition) is 0. The largest absolute Gasteiger partial charge is 0.462 e. The van der Waals surface area contributed by atoms with Gasteiger partial charge < -0.3 is 9.47 Å². The minimum absolute atomic E-state index is 0.192. The van der Waals surface area contributed by atoms with Crippen molar-refractivity contribution >= 4 is 11.9 Å². The highest BCUT2D eigenvalue weighted by Gasteiger charge is 2.29. The predicted molar refractivity (Wildman–Crippen MR) is 110 cm³/mol. The van der Waals surface area contributed by atoms with E-state index < -0.39 is 11.9 Å². The predicted octanol–water partition coefficient (Wildman–Crippen LogP) is 3.36. The molecule has 0 amide bonds. The third-order valence-corrected chi connectivity index (χ3v) is 4.50. The number of ether oxygens (including phenoxy) is 2. The van der Waals surface area contributed by atoms with E-state index in [2.05, 4.69) is 15.3 Å². The van der Waals surface area contributed by atoms with Crippen LogP contribution in [-0.2, 0) is 16.0 Å². The summed E-state index contributed by atoms with van der Waals surface area (Å²) in [4.78, 5) is 29.8. The maximum absolute atomic E-state index is 12.7. The van der Waals surface area contributed by atoms with Gasteiger partial charge in [-0.1, -0.05) is 35.5 Å². The van der Waals surface area contributed by atoms with Crippen LogP contribution in [0.3, 0.4) is 0 Å². The maximum Gasteiger partial charge on any atom is 0.340 e. The van der Waals surface area contributed by atoms with Crippen LogP contribution in [-0.4, -0.2) is 45.1 Å². The number of esters is 2. The van der Waals surface area contributed by atoms with Gasteiger partial charge in [-0.25, -0.2) is 14.3 Å². The molecule has 156 valence electrons. The zero-order valence-electron chi connectivity index (χ0n) is 17.5. The summed E-state index contributed by atoms with van der Waals surface area (Å²) in [5.41, 5.74) is 3.04. The normalized spacial score (nSPS) is 10.7. The Morgan fingerprint density at radius 1 is 0.933 bits per heavy atom. The summed E-state index contributed by atoms with van der Waals surface area (Å²) in [6, 6.07) is 9.79. The molecular formula is C22H24N4O4. The SMILES string of the molecule is CCOC(=O)c1c(C)nc(C)c(C(=O)OCC)c1-c1cn(Cc2ccccc2)nn1. The third-order valence-electron chi connectivity index (χ3n) is 4.50. The van der Waals surface area contributed by atoms with Crippen molar-refractivity contribution in [2.45, 2.75) is 34.2 Å². The lowest BCUT2D eigenvalue weighted by atomic mass is 9.96. The van der Waals surface area contributed by atoms with Crippen molar-refractivity contribution in [3.05, 3.63) is 64.6 Å². The Labute approximate surface area is 174 Å². The monoisotopic (exact) mass is 408 g/mol. The first-order valence-electron chi connectivity index (χ1n) is 9.76. The molecule has 8 heteroatoms. The Morgan fingerprint density at radius 2 is 1.50 bits per heavy atom. The maximum atomic E-state index is 12.7. The Morgan fingerprint density at radius 3 is 2.03 bits per heavy atom. The van der Waals surface area contributed by atoms with Crippen LogP contribution < -0.4 is 0 Å². The first kappa shape index (κ1) is 21.2. The smallest absolute Gasteiger partial charge is 0.340 e. The lowest BCUT2D eigenvalue weighted by molar-refractivity contribution is 0.0525. The van der Waals surface area contributed by atoms with Gasteiger partial charge in [0.1, 0.15) is 5.69 Å². The van der Waals surface area contributed by atoms with Crippen molar-refractivity contribution in [1.29, 1.82) is 0 Å². The molecule has 2 aromatic heterocycles. The molecule has 0 aliphatic rings. The molecule has 0 radical (unpaired) electrons. The van der Waals surface area contributed by atoms with Gasteiger partial charge in [0, 0.05) is 5.56 Å². The average molecular weight is 408 g/mol. The number of aryl methyl sites for hydroxylation is 2. The highest BCUT2D eigenvalue weighted by atomic mass is 16.5. The Kier molecular flexibility index (Phi) is 6.56. The summed E-state index contributed by atoms with van der Waals surface area (Å²) in [5, 5.41) is 8.42.